The van der Waals surface area contributed by atoms with Gasteiger partial charge in [0.1, 0.15) is 0 Å². The molecule has 6 heteroatoms. The van der Waals surface area contributed by atoms with Gasteiger partial charge in [0.05, 0.1) is 0 Å². The van der Waals surface area contributed by atoms with Crippen LogP contribution in [0.1, 0.15) is 32.6 Å². The molecule has 3 amide bonds. The van der Waals surface area contributed by atoms with Gasteiger partial charge in [-0.25, -0.2) is 0 Å². The molecule has 1 aliphatic heterocycles. The molecule has 0 bridgehead atoms. The second-order valence-corrected chi connectivity index (χ2v) is 4.35. The quantitative estimate of drug-likeness (QED) is 0.502. The van der Waals surface area contributed by atoms with Gasteiger partial charge in [-0.15, -0.1) is 0 Å². The summed E-state index contributed by atoms with van der Waals surface area (Å²) in [5, 5.41) is 5.05. The molecule has 6 nitrogen and oxygen atoms in total. The van der Waals surface area contributed by atoms with E-state index in [-0.39, 0.29) is 5.91 Å². The Morgan fingerprint density at radius 2 is 1.89 bits per heavy atom. The van der Waals surface area contributed by atoms with Crippen molar-refractivity contribution in [3.05, 3.63) is 0 Å². The first-order valence-electron chi connectivity index (χ1n) is 6.49. The van der Waals surface area contributed by atoms with Crippen LogP contribution in [0.3, 0.4) is 0 Å². The van der Waals surface area contributed by atoms with Crippen molar-refractivity contribution in [2.75, 3.05) is 26.2 Å². The number of amides is 3. The molecule has 2 N–H and O–H groups in total. The van der Waals surface area contributed by atoms with Crippen molar-refractivity contribution in [1.82, 2.24) is 15.5 Å². The van der Waals surface area contributed by atoms with E-state index in [1.165, 1.54) is 0 Å². The van der Waals surface area contributed by atoms with Crippen molar-refractivity contribution >= 4 is 17.7 Å². The smallest absolute Gasteiger partial charge is 0.309 e. The normalized spacial score (nSPS) is 14.7. The van der Waals surface area contributed by atoms with Crippen LogP contribution in [0.5, 0.6) is 0 Å². The number of rotatable bonds is 6. The Balaban J connectivity index is 2.08. The number of hydrogen-bond donors (Lipinski definition) is 2. The number of likely N-dealkylation sites (tertiary alicyclic amines) is 1. The van der Waals surface area contributed by atoms with Gasteiger partial charge in [0.25, 0.3) is 0 Å². The summed E-state index contributed by atoms with van der Waals surface area (Å²) in [5.74, 6) is -1.01. The van der Waals surface area contributed by atoms with Crippen molar-refractivity contribution < 1.29 is 14.4 Å². The lowest BCUT2D eigenvalue weighted by atomic mass is 10.3. The van der Waals surface area contributed by atoms with Crippen molar-refractivity contribution in [3.8, 4) is 0 Å². The average molecular weight is 255 g/mol. The Bertz CT molecular complexity index is 318. The summed E-state index contributed by atoms with van der Waals surface area (Å²) >= 11 is 0. The molecule has 0 spiro atoms. The third-order valence-corrected chi connectivity index (χ3v) is 2.80. The van der Waals surface area contributed by atoms with Crippen molar-refractivity contribution in [3.63, 3.8) is 0 Å². The lowest BCUT2D eigenvalue weighted by molar-refractivity contribution is -0.139. The molecule has 0 aromatic heterocycles. The van der Waals surface area contributed by atoms with Gasteiger partial charge in [0.15, 0.2) is 0 Å². The van der Waals surface area contributed by atoms with Crippen LogP contribution in [0, 0.1) is 0 Å². The fourth-order valence-corrected chi connectivity index (χ4v) is 1.81. The predicted octanol–water partition coefficient (Wildman–Crippen LogP) is -0.359. The van der Waals surface area contributed by atoms with Gasteiger partial charge < -0.3 is 15.5 Å². The minimum absolute atomic E-state index is 0.182. The monoisotopic (exact) mass is 255 g/mol. The Labute approximate surface area is 107 Å². The summed E-state index contributed by atoms with van der Waals surface area (Å²) in [5.41, 5.74) is 0. The number of hydrogen-bond acceptors (Lipinski definition) is 3. The van der Waals surface area contributed by atoms with Gasteiger partial charge in [0, 0.05) is 32.6 Å². The molecule has 0 aromatic carbocycles. The van der Waals surface area contributed by atoms with Crippen molar-refractivity contribution in [1.29, 1.82) is 0 Å². The van der Waals surface area contributed by atoms with E-state index in [1.54, 1.807) is 4.90 Å². The van der Waals surface area contributed by atoms with Gasteiger partial charge in [-0.3, -0.25) is 14.4 Å². The van der Waals surface area contributed by atoms with E-state index < -0.39 is 11.8 Å². The number of carbonyl (C=O) groups is 3. The minimum Gasteiger partial charge on any atom is -0.348 e. The molecule has 1 aliphatic rings. The maximum atomic E-state index is 11.3. The molecule has 0 aromatic rings. The van der Waals surface area contributed by atoms with Crippen LogP contribution < -0.4 is 10.6 Å². The molecule has 102 valence electrons. The van der Waals surface area contributed by atoms with Gasteiger partial charge >= 0.3 is 11.8 Å². The first-order valence-corrected chi connectivity index (χ1v) is 6.49. The van der Waals surface area contributed by atoms with E-state index in [0.717, 1.165) is 19.4 Å². The van der Waals surface area contributed by atoms with E-state index in [2.05, 4.69) is 10.6 Å². The molecule has 1 saturated heterocycles. The zero-order valence-corrected chi connectivity index (χ0v) is 10.8. The first kappa shape index (κ1) is 14.5. The van der Waals surface area contributed by atoms with Crippen LogP contribution in [-0.4, -0.2) is 48.8 Å². The lowest BCUT2D eigenvalue weighted by Gasteiger charge is -2.15. The summed E-state index contributed by atoms with van der Waals surface area (Å²) in [6.07, 6.45) is 3.03. The van der Waals surface area contributed by atoms with Gasteiger partial charge in [-0.1, -0.05) is 6.92 Å². The number of nitrogens with one attached hydrogen (secondary N) is 2. The highest BCUT2D eigenvalue weighted by Gasteiger charge is 2.19. The predicted molar refractivity (Wildman–Crippen MR) is 66.7 cm³/mol. The fourth-order valence-electron chi connectivity index (χ4n) is 1.81. The molecule has 0 atom stereocenters. The summed E-state index contributed by atoms with van der Waals surface area (Å²) < 4.78 is 0. The average Bonchev–Trinajstić information content (AvgIpc) is 2.77. The Kier molecular flexibility index (Phi) is 6.18. The summed E-state index contributed by atoms with van der Waals surface area (Å²) in [4.78, 5) is 35.6. The maximum Gasteiger partial charge on any atom is 0.309 e. The summed E-state index contributed by atoms with van der Waals surface area (Å²) in [6.45, 7) is 4.31. The number of carbonyl (C=O) groups excluding carboxylic acids is 3. The molecule has 0 unspecified atom stereocenters. The topological polar surface area (TPSA) is 78.5 Å². The van der Waals surface area contributed by atoms with Crippen LogP contribution in [0.25, 0.3) is 0 Å². The van der Waals surface area contributed by atoms with Gasteiger partial charge in [-0.05, 0) is 19.3 Å². The zero-order chi connectivity index (χ0) is 13.4. The minimum atomic E-state index is -0.601. The van der Waals surface area contributed by atoms with E-state index >= 15 is 0 Å². The highest BCUT2D eigenvalue weighted by atomic mass is 16.2. The third-order valence-electron chi connectivity index (χ3n) is 2.80. The first-order chi connectivity index (χ1) is 8.65. The largest absolute Gasteiger partial charge is 0.348 e. The van der Waals surface area contributed by atoms with Crippen molar-refractivity contribution in [2.24, 2.45) is 0 Å². The Morgan fingerprint density at radius 3 is 2.44 bits per heavy atom. The van der Waals surface area contributed by atoms with Crippen LogP contribution in [0.4, 0.5) is 0 Å². The molecular formula is C12H21N3O3. The molecule has 1 fully saturated rings. The second kappa shape index (κ2) is 7.68. The molecular weight excluding hydrogens is 234 g/mol. The molecule has 0 aliphatic carbocycles. The molecule has 1 heterocycles. The number of nitrogens with zero attached hydrogens (tertiary/aromatic N) is 1. The highest BCUT2D eigenvalue weighted by molar-refractivity contribution is 6.35. The van der Waals surface area contributed by atoms with E-state index in [1.807, 2.05) is 6.92 Å². The van der Waals surface area contributed by atoms with Crippen LogP contribution in [0.2, 0.25) is 0 Å². The van der Waals surface area contributed by atoms with E-state index in [0.29, 0.717) is 32.5 Å². The zero-order valence-electron chi connectivity index (χ0n) is 10.8. The molecule has 0 radical (unpaired) electrons. The Morgan fingerprint density at radius 1 is 1.22 bits per heavy atom. The van der Waals surface area contributed by atoms with Crippen LogP contribution in [-0.2, 0) is 14.4 Å². The van der Waals surface area contributed by atoms with Crippen LogP contribution in [0.15, 0.2) is 0 Å². The van der Waals surface area contributed by atoms with Gasteiger partial charge in [0.2, 0.25) is 5.91 Å². The van der Waals surface area contributed by atoms with E-state index in [9.17, 15) is 14.4 Å². The lowest BCUT2D eigenvalue weighted by Crippen LogP contribution is -2.41. The summed E-state index contributed by atoms with van der Waals surface area (Å²) in [7, 11) is 0. The molecule has 0 saturated carbocycles. The molecule has 1 rings (SSSR count). The SMILES string of the molecule is CCCNC(=O)C(=O)NCCCN1CCCC1=O. The standard InChI is InChI=1S/C12H21N3O3/c1-2-6-13-11(17)12(18)14-7-4-9-15-8-3-5-10(15)16/h2-9H2,1H3,(H,13,17)(H,14,18). The van der Waals surface area contributed by atoms with E-state index in [4.69, 9.17) is 0 Å². The maximum absolute atomic E-state index is 11.3. The van der Waals surface area contributed by atoms with Crippen LogP contribution >= 0.6 is 0 Å². The second-order valence-electron chi connectivity index (χ2n) is 4.35. The van der Waals surface area contributed by atoms with Crippen molar-refractivity contribution in [2.45, 2.75) is 32.6 Å². The molecule has 18 heavy (non-hydrogen) atoms. The Hall–Kier alpha value is -1.59. The highest BCUT2D eigenvalue weighted by Crippen LogP contribution is 2.09. The van der Waals surface area contributed by atoms with Gasteiger partial charge in [-0.2, -0.15) is 0 Å². The summed E-state index contributed by atoms with van der Waals surface area (Å²) in [6, 6.07) is 0. The fraction of sp³-hybridized carbons (Fsp3) is 0.750. The third kappa shape index (κ3) is 4.73.